The van der Waals surface area contributed by atoms with Crippen molar-refractivity contribution in [2.24, 2.45) is 5.73 Å². The Morgan fingerprint density at radius 2 is 1.82 bits per heavy atom. The van der Waals surface area contributed by atoms with E-state index in [4.69, 9.17) is 10.7 Å². The van der Waals surface area contributed by atoms with Gasteiger partial charge in [-0.25, -0.2) is 4.98 Å². The molecule has 0 bridgehead atoms. The molecule has 0 spiro atoms. The Morgan fingerprint density at radius 3 is 2.55 bits per heavy atom. The van der Waals surface area contributed by atoms with Gasteiger partial charge < -0.3 is 5.73 Å². The van der Waals surface area contributed by atoms with Gasteiger partial charge in [-0.3, -0.25) is 9.30 Å². The molecule has 4 heterocycles. The lowest BCUT2D eigenvalue weighted by atomic mass is 10.1. The van der Waals surface area contributed by atoms with Gasteiger partial charge in [0, 0.05) is 30.7 Å². The lowest BCUT2D eigenvalue weighted by molar-refractivity contribution is -0.183. The minimum absolute atomic E-state index is 0.141. The van der Waals surface area contributed by atoms with Gasteiger partial charge in [-0.1, -0.05) is 24.3 Å². The number of nitrogens with zero attached hydrogens (tertiary/aromatic N) is 5. The highest BCUT2D eigenvalue weighted by Crippen LogP contribution is 2.41. The van der Waals surface area contributed by atoms with E-state index >= 15 is 0 Å². The van der Waals surface area contributed by atoms with Gasteiger partial charge in [0.1, 0.15) is 11.7 Å². The number of hydrogen-bond donors (Lipinski definition) is 1. The van der Waals surface area contributed by atoms with Crippen LogP contribution in [0, 0.1) is 0 Å². The van der Waals surface area contributed by atoms with E-state index < -0.39 is 12.2 Å². The van der Waals surface area contributed by atoms with Gasteiger partial charge in [-0.15, -0.1) is 10.2 Å². The molecule has 2 N–H and O–H groups in total. The van der Waals surface area contributed by atoms with Crippen LogP contribution in [0.5, 0.6) is 0 Å². The van der Waals surface area contributed by atoms with Crippen LogP contribution in [0.1, 0.15) is 42.3 Å². The third-order valence-electron chi connectivity index (χ3n) is 6.67. The molecule has 2 fully saturated rings. The highest BCUT2D eigenvalue weighted by atomic mass is 19.4. The number of benzene rings is 1. The molecule has 9 heteroatoms. The fraction of sp³-hybridized carbons (Fsp3) is 0.375. The standard InChI is InChI=1S/C24H23F3N6/c25-24(26,27)22(32-10-9-18(28)13-32)17-6-8-21-30-31-23(33(21)12-17)19-7-5-15-3-4-16(14-1-2-14)11-20(15)29-19/h3-8,11-12,14,18,22H,1-2,9-10,13,28H2/t18-,22?/m0/s1. The van der Waals surface area contributed by atoms with Crippen molar-refractivity contribution in [1.82, 2.24) is 24.5 Å². The molecule has 1 aliphatic heterocycles. The lowest BCUT2D eigenvalue weighted by Gasteiger charge is -2.30. The quantitative estimate of drug-likeness (QED) is 0.495. The number of rotatable bonds is 4. The Balaban J connectivity index is 1.43. The summed E-state index contributed by atoms with van der Waals surface area (Å²) in [5, 5.41) is 9.43. The normalized spacial score (nSPS) is 20.7. The highest BCUT2D eigenvalue weighted by molar-refractivity contribution is 5.82. The second kappa shape index (κ2) is 7.50. The third-order valence-corrected chi connectivity index (χ3v) is 6.67. The van der Waals surface area contributed by atoms with Crippen molar-refractivity contribution in [3.8, 4) is 11.5 Å². The second-order valence-electron chi connectivity index (χ2n) is 9.12. The summed E-state index contributed by atoms with van der Waals surface area (Å²) in [6, 6.07) is 11.2. The maximum atomic E-state index is 14.1. The van der Waals surface area contributed by atoms with E-state index in [1.807, 2.05) is 12.1 Å². The summed E-state index contributed by atoms with van der Waals surface area (Å²) in [6.07, 6.45) is 0.0121. The van der Waals surface area contributed by atoms with Gasteiger partial charge >= 0.3 is 6.18 Å². The van der Waals surface area contributed by atoms with Gasteiger partial charge in [0.25, 0.3) is 0 Å². The van der Waals surface area contributed by atoms with Gasteiger partial charge in [0.2, 0.25) is 0 Å². The van der Waals surface area contributed by atoms with Crippen LogP contribution in [0.2, 0.25) is 0 Å². The molecule has 1 saturated heterocycles. The Kier molecular flexibility index (Phi) is 4.67. The van der Waals surface area contributed by atoms with Crippen LogP contribution in [0.4, 0.5) is 13.2 Å². The average Bonchev–Trinajstić information content (AvgIpc) is 3.42. The number of halogens is 3. The summed E-state index contributed by atoms with van der Waals surface area (Å²) in [4.78, 5) is 6.18. The SMILES string of the molecule is N[C@H]1CCN(C(c2ccc3nnc(-c4ccc5ccc(C6CC6)cc5n4)n3c2)C(F)(F)F)C1. The molecule has 33 heavy (non-hydrogen) atoms. The molecule has 6 nitrogen and oxygen atoms in total. The summed E-state index contributed by atoms with van der Waals surface area (Å²) in [5.41, 5.74) is 9.21. The zero-order valence-electron chi connectivity index (χ0n) is 17.8. The van der Waals surface area contributed by atoms with Crippen molar-refractivity contribution in [1.29, 1.82) is 0 Å². The van der Waals surface area contributed by atoms with Crippen molar-refractivity contribution in [2.75, 3.05) is 13.1 Å². The number of alkyl halides is 3. The van der Waals surface area contributed by atoms with E-state index in [0.717, 1.165) is 10.9 Å². The first-order chi connectivity index (χ1) is 15.9. The molecule has 0 amide bonds. The molecule has 6 rings (SSSR count). The molecule has 4 aromatic rings. The predicted molar refractivity (Wildman–Crippen MR) is 119 cm³/mol. The van der Waals surface area contributed by atoms with Crippen LogP contribution in [0.15, 0.2) is 48.7 Å². The Labute approximate surface area is 188 Å². The lowest BCUT2D eigenvalue weighted by Crippen LogP contribution is -2.38. The first-order valence-corrected chi connectivity index (χ1v) is 11.2. The van der Waals surface area contributed by atoms with Crippen LogP contribution >= 0.6 is 0 Å². The van der Waals surface area contributed by atoms with E-state index in [9.17, 15) is 13.2 Å². The fourth-order valence-electron chi connectivity index (χ4n) is 4.83. The first kappa shape index (κ1) is 20.6. The first-order valence-electron chi connectivity index (χ1n) is 11.2. The van der Waals surface area contributed by atoms with Crippen LogP contribution in [-0.4, -0.2) is 49.8 Å². The number of likely N-dealkylation sites (tertiary alicyclic amines) is 1. The minimum Gasteiger partial charge on any atom is -0.326 e. The molecule has 1 unspecified atom stereocenters. The number of fused-ring (bicyclic) bond motifs is 2. The smallest absolute Gasteiger partial charge is 0.326 e. The van der Waals surface area contributed by atoms with Crippen LogP contribution in [0.3, 0.4) is 0 Å². The van der Waals surface area contributed by atoms with E-state index in [-0.39, 0.29) is 18.2 Å². The molecule has 1 saturated carbocycles. The zero-order valence-corrected chi connectivity index (χ0v) is 17.8. The maximum Gasteiger partial charge on any atom is 0.408 e. The summed E-state index contributed by atoms with van der Waals surface area (Å²) in [6.45, 7) is 0.529. The second-order valence-corrected chi connectivity index (χ2v) is 9.12. The molecule has 3 aromatic heterocycles. The molecular formula is C24H23F3N6. The molecule has 1 aliphatic carbocycles. The number of pyridine rings is 2. The highest BCUT2D eigenvalue weighted by Gasteiger charge is 2.46. The van der Waals surface area contributed by atoms with Gasteiger partial charge in [0.05, 0.1) is 5.52 Å². The predicted octanol–water partition coefficient (Wildman–Crippen LogP) is 4.46. The van der Waals surface area contributed by atoms with Crippen LogP contribution < -0.4 is 5.73 Å². The van der Waals surface area contributed by atoms with Crippen molar-refractivity contribution in [3.63, 3.8) is 0 Å². The van der Waals surface area contributed by atoms with Crippen LogP contribution in [-0.2, 0) is 0 Å². The van der Waals surface area contributed by atoms with Crippen molar-refractivity contribution < 1.29 is 13.2 Å². The number of aromatic nitrogens is 4. The minimum atomic E-state index is -4.42. The molecule has 0 radical (unpaired) electrons. The Bertz CT molecular complexity index is 1340. The van der Waals surface area contributed by atoms with Crippen molar-refractivity contribution in [3.05, 3.63) is 59.8 Å². The monoisotopic (exact) mass is 452 g/mol. The molecule has 2 atom stereocenters. The van der Waals surface area contributed by atoms with E-state index in [1.54, 1.807) is 10.5 Å². The molecule has 170 valence electrons. The van der Waals surface area contributed by atoms with E-state index in [2.05, 4.69) is 28.4 Å². The Morgan fingerprint density at radius 1 is 1.00 bits per heavy atom. The van der Waals surface area contributed by atoms with Gasteiger partial charge in [0.15, 0.2) is 11.5 Å². The van der Waals surface area contributed by atoms with Gasteiger partial charge in [-0.2, -0.15) is 13.2 Å². The van der Waals surface area contributed by atoms with Gasteiger partial charge in [-0.05, 0) is 54.5 Å². The summed E-state index contributed by atoms with van der Waals surface area (Å²) < 4.78 is 43.8. The molecule has 2 aliphatic rings. The number of nitrogens with two attached hydrogens (primary N) is 1. The fourth-order valence-corrected chi connectivity index (χ4v) is 4.83. The average molecular weight is 452 g/mol. The molecular weight excluding hydrogens is 429 g/mol. The summed E-state index contributed by atoms with van der Waals surface area (Å²) >= 11 is 0. The largest absolute Gasteiger partial charge is 0.408 e. The third kappa shape index (κ3) is 3.75. The maximum absolute atomic E-state index is 14.1. The Hall–Kier alpha value is -3.04. The molecule has 1 aromatic carbocycles. The zero-order chi connectivity index (χ0) is 22.7. The van der Waals surface area contributed by atoms with Crippen molar-refractivity contribution in [2.45, 2.75) is 43.4 Å². The topological polar surface area (TPSA) is 72.3 Å². The van der Waals surface area contributed by atoms with E-state index in [0.29, 0.717) is 36.0 Å². The summed E-state index contributed by atoms with van der Waals surface area (Å²) in [7, 11) is 0. The number of hydrogen-bond acceptors (Lipinski definition) is 5. The summed E-state index contributed by atoms with van der Waals surface area (Å²) in [5.74, 6) is 1.03. The van der Waals surface area contributed by atoms with Crippen LogP contribution in [0.25, 0.3) is 28.1 Å². The van der Waals surface area contributed by atoms with Crippen molar-refractivity contribution >= 4 is 16.6 Å². The van der Waals surface area contributed by atoms with E-state index in [1.165, 1.54) is 35.6 Å².